The fraction of sp³-hybridized carbons (Fsp3) is 0.182. The van der Waals surface area contributed by atoms with Gasteiger partial charge in [-0.3, -0.25) is 12.2 Å². The van der Waals surface area contributed by atoms with Crippen molar-refractivity contribution in [3.05, 3.63) is 178 Å². The van der Waals surface area contributed by atoms with E-state index in [9.17, 15) is 0 Å². The number of benzene rings is 4. The minimum absolute atomic E-state index is 0. The van der Waals surface area contributed by atoms with E-state index in [1.54, 1.807) is 0 Å². The Kier molecular flexibility index (Phi) is 13.1. The number of allylic oxidation sites excluding steroid dienone is 2. The van der Waals surface area contributed by atoms with Crippen molar-refractivity contribution in [1.82, 2.24) is 0 Å². The van der Waals surface area contributed by atoms with Gasteiger partial charge in [-0.05, 0) is 85.0 Å². The molecule has 0 radical (unpaired) electrons. The molecule has 0 aliphatic heterocycles. The van der Waals surface area contributed by atoms with Crippen molar-refractivity contribution in [3.63, 3.8) is 0 Å². The molecule has 0 N–H and O–H groups in total. The van der Waals surface area contributed by atoms with Crippen molar-refractivity contribution >= 4 is 12.2 Å². The predicted molar refractivity (Wildman–Crippen MR) is 189 cm³/mol. The minimum Gasteiger partial charge on any atom is -1.00 e. The maximum absolute atomic E-state index is 5.82. The molecule has 0 bridgehead atoms. The second kappa shape index (κ2) is 16.9. The van der Waals surface area contributed by atoms with Gasteiger partial charge in [-0.25, -0.2) is 12.2 Å². The van der Waals surface area contributed by atoms with E-state index < -0.39 is 0 Å². The van der Waals surface area contributed by atoms with Crippen LogP contribution in [0.25, 0.3) is 34.4 Å². The SMILES string of the molecule is CCc1ccc(-c2cccc3c2C=[C-]C3c2ccc(C)o2)cc1.CCc1ccc(-c2cccc3c2C=[C-]C3c2ccc(C)o2)cc1.[Cl-].[Cl-].[Zr+4]. The van der Waals surface area contributed by atoms with Gasteiger partial charge in [0.1, 0.15) is 11.5 Å². The van der Waals surface area contributed by atoms with Crippen LogP contribution in [-0.4, -0.2) is 0 Å². The first-order valence-corrected chi connectivity index (χ1v) is 16.3. The first-order chi connectivity index (χ1) is 22.5. The molecule has 0 saturated carbocycles. The molecule has 49 heavy (non-hydrogen) atoms. The summed E-state index contributed by atoms with van der Waals surface area (Å²) in [5, 5.41) is 0. The van der Waals surface area contributed by atoms with E-state index in [1.165, 1.54) is 55.6 Å². The second-order valence-corrected chi connectivity index (χ2v) is 12.1. The number of hydrogen-bond acceptors (Lipinski definition) is 2. The van der Waals surface area contributed by atoms with Gasteiger partial charge in [-0.15, -0.1) is 11.1 Å². The quantitative estimate of drug-likeness (QED) is 0.208. The topological polar surface area (TPSA) is 26.3 Å². The number of aryl methyl sites for hydroxylation is 4. The fourth-order valence-electron chi connectivity index (χ4n) is 6.54. The molecule has 2 aliphatic carbocycles. The Morgan fingerprint density at radius 1 is 0.510 bits per heavy atom. The summed E-state index contributed by atoms with van der Waals surface area (Å²) in [7, 11) is 0. The van der Waals surface area contributed by atoms with Crippen molar-refractivity contribution in [2.45, 2.75) is 52.4 Å². The zero-order valence-corrected chi connectivity index (χ0v) is 32.2. The number of fused-ring (bicyclic) bond motifs is 2. The molecule has 6 aromatic rings. The van der Waals surface area contributed by atoms with E-state index in [-0.39, 0.29) is 62.9 Å². The second-order valence-electron chi connectivity index (χ2n) is 12.1. The molecule has 244 valence electrons. The first-order valence-electron chi connectivity index (χ1n) is 16.3. The van der Waals surface area contributed by atoms with Gasteiger partial charge in [0.2, 0.25) is 0 Å². The number of hydrogen-bond donors (Lipinski definition) is 0. The molecular weight excluding hydrogens is 723 g/mol. The van der Waals surface area contributed by atoms with Crippen LogP contribution < -0.4 is 24.8 Å². The molecular formula is C44H38Cl2O2Zr. The van der Waals surface area contributed by atoms with E-state index in [0.29, 0.717) is 0 Å². The van der Waals surface area contributed by atoms with E-state index in [4.69, 9.17) is 8.83 Å². The number of rotatable bonds is 6. The largest absolute Gasteiger partial charge is 4.00 e. The maximum atomic E-state index is 5.82. The number of halogens is 2. The molecule has 4 aromatic carbocycles. The standard InChI is InChI=1S/2C22H19O.2ClH.Zr/c2*1-3-16-8-10-17(11-9-16)18-5-4-6-19-20(18)12-13-21(19)22-14-7-15(2)23-22;;;/h2*4-12,14,21H,3H2,1-2H3;2*1H;/q2*-1;;;+4/p-2. The van der Waals surface area contributed by atoms with Gasteiger partial charge >= 0.3 is 26.2 Å². The van der Waals surface area contributed by atoms with Crippen molar-refractivity contribution in [3.8, 4) is 22.3 Å². The Morgan fingerprint density at radius 2 is 0.898 bits per heavy atom. The molecule has 5 heteroatoms. The normalized spacial score (nSPS) is 14.9. The Balaban J connectivity index is 0.000000208. The molecule has 0 fully saturated rings. The third kappa shape index (κ3) is 7.91. The fourth-order valence-corrected chi connectivity index (χ4v) is 6.54. The summed E-state index contributed by atoms with van der Waals surface area (Å²) in [6.07, 6.45) is 13.3. The summed E-state index contributed by atoms with van der Waals surface area (Å²) < 4.78 is 11.6. The Labute approximate surface area is 322 Å². The molecule has 2 aromatic heterocycles. The van der Waals surface area contributed by atoms with Crippen LogP contribution in [-0.2, 0) is 39.0 Å². The van der Waals surface area contributed by atoms with Crippen molar-refractivity contribution in [2.75, 3.05) is 0 Å². The van der Waals surface area contributed by atoms with Gasteiger partial charge in [-0.1, -0.05) is 110 Å². The zero-order valence-electron chi connectivity index (χ0n) is 28.2. The van der Waals surface area contributed by atoms with Gasteiger partial charge in [-0.2, -0.15) is 11.1 Å². The molecule has 8 rings (SSSR count). The molecule has 0 spiro atoms. The smallest absolute Gasteiger partial charge is 1.00 e. The predicted octanol–water partition coefficient (Wildman–Crippen LogP) is 5.56. The molecule has 2 aliphatic rings. The Bertz CT molecular complexity index is 1900. The van der Waals surface area contributed by atoms with Crippen LogP contribution in [0.3, 0.4) is 0 Å². The van der Waals surface area contributed by atoms with Gasteiger partial charge in [0, 0.05) is 0 Å². The zero-order chi connectivity index (χ0) is 31.6. The van der Waals surface area contributed by atoms with Crippen molar-refractivity contribution < 1.29 is 59.9 Å². The first kappa shape index (κ1) is 38.2. The molecule has 2 heterocycles. The van der Waals surface area contributed by atoms with Gasteiger partial charge in [0.05, 0.1) is 11.5 Å². The summed E-state index contributed by atoms with van der Waals surface area (Å²) in [6.45, 7) is 8.33. The van der Waals surface area contributed by atoms with Gasteiger partial charge in [0.15, 0.2) is 0 Å². The van der Waals surface area contributed by atoms with E-state index in [2.05, 4.69) is 135 Å². The molecule has 2 nitrogen and oxygen atoms in total. The van der Waals surface area contributed by atoms with Crippen LogP contribution >= 0.6 is 0 Å². The molecule has 0 amide bonds. The minimum atomic E-state index is 0. The average Bonchev–Trinajstić information content (AvgIpc) is 3.91. The van der Waals surface area contributed by atoms with Crippen LogP contribution in [0.2, 0.25) is 0 Å². The van der Waals surface area contributed by atoms with Gasteiger partial charge in [0.25, 0.3) is 0 Å². The Hall–Kier alpha value is -3.62. The summed E-state index contributed by atoms with van der Waals surface area (Å²) >= 11 is 0. The van der Waals surface area contributed by atoms with Crippen molar-refractivity contribution in [2.24, 2.45) is 0 Å². The Morgan fingerprint density at radius 3 is 1.22 bits per heavy atom. The molecule has 2 unspecified atom stereocenters. The summed E-state index contributed by atoms with van der Waals surface area (Å²) in [5.41, 5.74) is 12.9. The van der Waals surface area contributed by atoms with E-state index >= 15 is 0 Å². The van der Waals surface area contributed by atoms with E-state index in [0.717, 1.165) is 35.9 Å². The third-order valence-electron chi connectivity index (χ3n) is 9.13. The van der Waals surface area contributed by atoms with Crippen LogP contribution in [0.15, 0.2) is 118 Å². The van der Waals surface area contributed by atoms with E-state index in [1.807, 2.05) is 26.0 Å². The molecule has 2 atom stereocenters. The maximum Gasteiger partial charge on any atom is 4.00 e. The third-order valence-corrected chi connectivity index (χ3v) is 9.13. The number of furan rings is 2. The van der Waals surface area contributed by atoms with Crippen LogP contribution in [0.4, 0.5) is 0 Å². The summed E-state index contributed by atoms with van der Waals surface area (Å²) in [4.78, 5) is 0. The summed E-state index contributed by atoms with van der Waals surface area (Å²) in [6, 6.07) is 38.8. The van der Waals surface area contributed by atoms with Crippen LogP contribution in [0, 0.1) is 26.0 Å². The summed E-state index contributed by atoms with van der Waals surface area (Å²) in [5.74, 6) is 4.04. The monoisotopic (exact) mass is 758 g/mol. The molecule has 0 saturated heterocycles. The van der Waals surface area contributed by atoms with Crippen LogP contribution in [0.5, 0.6) is 0 Å². The van der Waals surface area contributed by atoms with Gasteiger partial charge < -0.3 is 33.6 Å². The van der Waals surface area contributed by atoms with Crippen LogP contribution in [0.1, 0.15) is 82.1 Å². The van der Waals surface area contributed by atoms with Crippen molar-refractivity contribution in [1.29, 1.82) is 0 Å². The average molecular weight is 761 g/mol.